The van der Waals surface area contributed by atoms with Crippen LogP contribution in [-0.2, 0) is 38.1 Å². The third-order valence-corrected chi connectivity index (χ3v) is 6.90. The molecule has 0 amide bonds. The summed E-state index contributed by atoms with van der Waals surface area (Å²) in [4.78, 5) is 22.3. The Labute approximate surface area is 140 Å². The summed E-state index contributed by atoms with van der Waals surface area (Å²) >= 11 is 0. The van der Waals surface area contributed by atoms with Crippen LogP contribution < -0.4 is 0 Å². The summed E-state index contributed by atoms with van der Waals surface area (Å²) in [7, 11) is -3.48. The summed E-state index contributed by atoms with van der Waals surface area (Å²) in [5, 5.41) is -0.404. The zero-order valence-electron chi connectivity index (χ0n) is 13.7. The van der Waals surface area contributed by atoms with E-state index in [1.54, 1.807) is 6.92 Å². The van der Waals surface area contributed by atoms with Crippen molar-refractivity contribution < 1.29 is 36.4 Å². The van der Waals surface area contributed by atoms with Gasteiger partial charge in [-0.25, -0.2) is 4.79 Å². The van der Waals surface area contributed by atoms with Crippen LogP contribution in [0.3, 0.4) is 0 Å². The molecule has 0 N–H and O–H groups in total. The predicted octanol–water partition coefficient (Wildman–Crippen LogP) is 0.395. The smallest absolute Gasteiger partial charge is 0.344 e. The Morgan fingerprint density at radius 3 is 2.62 bits per heavy atom. The van der Waals surface area contributed by atoms with E-state index in [0.717, 1.165) is 6.42 Å². The van der Waals surface area contributed by atoms with Crippen molar-refractivity contribution in [2.45, 2.75) is 50.6 Å². The molecular formula is C15H22O8S. The minimum absolute atomic E-state index is 0.000932. The predicted molar refractivity (Wildman–Crippen MR) is 80.4 cm³/mol. The fraction of sp³-hybridized carbons (Fsp3) is 0.867. The molecule has 136 valence electrons. The first-order chi connectivity index (χ1) is 11.3. The molecule has 24 heavy (non-hydrogen) atoms. The van der Waals surface area contributed by atoms with Crippen LogP contribution in [0.15, 0.2) is 0 Å². The Hall–Kier alpha value is -1.19. The first-order valence-corrected chi connectivity index (χ1v) is 9.59. The molecule has 2 saturated carbocycles. The van der Waals surface area contributed by atoms with Crippen LogP contribution in [-0.4, -0.2) is 57.6 Å². The van der Waals surface area contributed by atoms with Gasteiger partial charge in [0.1, 0.15) is 12.7 Å². The van der Waals surface area contributed by atoms with E-state index in [2.05, 4.69) is 4.74 Å². The summed E-state index contributed by atoms with van der Waals surface area (Å²) in [5.74, 6) is -1.10. The number of esters is 2. The Morgan fingerprint density at radius 2 is 1.92 bits per heavy atom. The van der Waals surface area contributed by atoms with Gasteiger partial charge >= 0.3 is 11.9 Å². The maximum Gasteiger partial charge on any atom is 0.344 e. The molecule has 0 spiro atoms. The van der Waals surface area contributed by atoms with Gasteiger partial charge < -0.3 is 14.2 Å². The molecule has 1 saturated heterocycles. The van der Waals surface area contributed by atoms with Gasteiger partial charge in [-0.2, -0.15) is 8.42 Å². The van der Waals surface area contributed by atoms with Crippen molar-refractivity contribution in [1.82, 2.24) is 0 Å². The van der Waals surface area contributed by atoms with Gasteiger partial charge in [0.25, 0.3) is 10.1 Å². The highest BCUT2D eigenvalue weighted by Gasteiger charge is 2.69. The van der Waals surface area contributed by atoms with Crippen LogP contribution in [0.2, 0.25) is 0 Å². The lowest BCUT2D eigenvalue weighted by Crippen LogP contribution is -2.41. The number of hydrogen-bond donors (Lipinski definition) is 0. The lowest BCUT2D eigenvalue weighted by Gasteiger charge is -2.32. The lowest BCUT2D eigenvalue weighted by molar-refractivity contribution is -0.160. The van der Waals surface area contributed by atoms with Crippen molar-refractivity contribution in [1.29, 1.82) is 0 Å². The number of carbonyl (C=O) groups is 2. The third kappa shape index (κ3) is 3.04. The molecule has 2 aliphatic carbocycles. The van der Waals surface area contributed by atoms with E-state index in [9.17, 15) is 18.0 Å². The van der Waals surface area contributed by atoms with E-state index in [0.29, 0.717) is 6.42 Å². The fourth-order valence-corrected chi connectivity index (χ4v) is 6.08. The van der Waals surface area contributed by atoms with Crippen molar-refractivity contribution in [3.8, 4) is 0 Å². The first-order valence-electron chi connectivity index (χ1n) is 8.12. The summed E-state index contributed by atoms with van der Waals surface area (Å²) in [6.45, 7) is 3.40. The van der Waals surface area contributed by atoms with Crippen molar-refractivity contribution in [2.24, 2.45) is 11.3 Å². The van der Waals surface area contributed by atoms with Crippen LogP contribution in [0, 0.1) is 11.3 Å². The number of hydrogen-bond acceptors (Lipinski definition) is 8. The largest absolute Gasteiger partial charge is 0.461 e. The summed E-state index contributed by atoms with van der Waals surface area (Å²) in [5.41, 5.74) is -0.218. The summed E-state index contributed by atoms with van der Waals surface area (Å²) in [6.07, 6.45) is 0.781. The lowest BCUT2D eigenvalue weighted by atomic mass is 9.82. The van der Waals surface area contributed by atoms with Gasteiger partial charge in [0.05, 0.1) is 18.0 Å². The molecule has 3 rings (SSSR count). The average Bonchev–Trinajstić information content (AvgIpc) is 3.06. The molecule has 1 aliphatic heterocycles. The summed E-state index contributed by atoms with van der Waals surface area (Å²) < 4.78 is 44.5. The van der Waals surface area contributed by atoms with Crippen molar-refractivity contribution >= 4 is 22.1 Å². The highest BCUT2D eigenvalue weighted by molar-refractivity contribution is 7.87. The first kappa shape index (κ1) is 17.6. The molecule has 3 fully saturated rings. The number of rotatable bonds is 7. The zero-order valence-corrected chi connectivity index (χ0v) is 14.5. The van der Waals surface area contributed by atoms with E-state index in [1.807, 2.05) is 6.92 Å². The molecule has 5 unspecified atom stereocenters. The second-order valence-corrected chi connectivity index (χ2v) is 8.63. The minimum Gasteiger partial charge on any atom is -0.461 e. The third-order valence-electron chi connectivity index (χ3n) is 5.15. The highest BCUT2D eigenvalue weighted by Crippen LogP contribution is 2.61. The molecule has 8 nitrogen and oxygen atoms in total. The van der Waals surface area contributed by atoms with Gasteiger partial charge in [0.2, 0.25) is 0 Å². The molecule has 3 aliphatic rings. The molecule has 5 atom stereocenters. The van der Waals surface area contributed by atoms with Gasteiger partial charge in [-0.15, -0.1) is 0 Å². The standard InChI is InChI=1S/C15H22O8S/c1-3-11(16)22-8-12(17)20-4-5-21-14-13-9-6-15(14,2)7-10(9)24(18,19)23-13/h9-10,13-14H,3-8H2,1-2H3. The van der Waals surface area contributed by atoms with Crippen molar-refractivity contribution in [3.63, 3.8) is 0 Å². The second-order valence-electron chi connectivity index (χ2n) is 6.84. The molecule has 2 bridgehead atoms. The van der Waals surface area contributed by atoms with Crippen LogP contribution in [0.4, 0.5) is 0 Å². The quantitative estimate of drug-likeness (QED) is 0.364. The van der Waals surface area contributed by atoms with Crippen LogP contribution >= 0.6 is 0 Å². The van der Waals surface area contributed by atoms with E-state index < -0.39 is 40.0 Å². The molecule has 0 aromatic carbocycles. The zero-order chi connectivity index (χ0) is 17.5. The Kier molecular flexibility index (Phi) is 4.61. The fourth-order valence-electron chi connectivity index (χ4n) is 4.12. The number of carbonyl (C=O) groups excluding carboxylic acids is 2. The average molecular weight is 362 g/mol. The van der Waals surface area contributed by atoms with Crippen LogP contribution in [0.25, 0.3) is 0 Å². The Morgan fingerprint density at radius 1 is 1.17 bits per heavy atom. The highest BCUT2D eigenvalue weighted by atomic mass is 32.2. The summed E-state index contributed by atoms with van der Waals surface area (Å²) in [6, 6.07) is 0. The van der Waals surface area contributed by atoms with Gasteiger partial charge in [0.15, 0.2) is 6.61 Å². The molecule has 0 aromatic heterocycles. The van der Waals surface area contributed by atoms with Crippen LogP contribution in [0.1, 0.15) is 33.1 Å². The maximum absolute atomic E-state index is 12.0. The monoisotopic (exact) mass is 362 g/mol. The Balaban J connectivity index is 1.44. The van der Waals surface area contributed by atoms with E-state index in [4.69, 9.17) is 13.7 Å². The SMILES string of the molecule is CCC(=O)OCC(=O)OCCOC1C2OS(=O)(=O)C3CC1(C)CC23. The molecular weight excluding hydrogens is 340 g/mol. The maximum atomic E-state index is 12.0. The van der Waals surface area contributed by atoms with Gasteiger partial charge in [-0.1, -0.05) is 13.8 Å². The Bertz CT molecular complexity index is 629. The number of fused-ring (bicyclic) bond motifs is 1. The van der Waals surface area contributed by atoms with Gasteiger partial charge in [0, 0.05) is 12.3 Å². The minimum atomic E-state index is -3.48. The van der Waals surface area contributed by atoms with Crippen molar-refractivity contribution in [2.75, 3.05) is 19.8 Å². The van der Waals surface area contributed by atoms with Gasteiger partial charge in [-0.05, 0) is 18.3 Å². The van der Waals surface area contributed by atoms with Crippen molar-refractivity contribution in [3.05, 3.63) is 0 Å². The molecule has 9 heteroatoms. The molecule has 0 radical (unpaired) electrons. The molecule has 1 heterocycles. The van der Waals surface area contributed by atoms with E-state index in [1.165, 1.54) is 0 Å². The van der Waals surface area contributed by atoms with E-state index >= 15 is 0 Å². The second kappa shape index (κ2) is 6.27. The van der Waals surface area contributed by atoms with Gasteiger partial charge in [-0.3, -0.25) is 8.98 Å². The molecule has 0 aromatic rings. The number of ether oxygens (including phenoxy) is 3. The van der Waals surface area contributed by atoms with Crippen LogP contribution in [0.5, 0.6) is 0 Å². The topological polar surface area (TPSA) is 105 Å². The normalized spacial score (nSPS) is 38.2. The van der Waals surface area contributed by atoms with E-state index in [-0.39, 0.29) is 37.1 Å².